The Bertz CT molecular complexity index is 209. The van der Waals surface area contributed by atoms with E-state index in [-0.39, 0.29) is 12.4 Å². The summed E-state index contributed by atoms with van der Waals surface area (Å²) in [6, 6.07) is 0. The van der Waals surface area contributed by atoms with Gasteiger partial charge in [0, 0.05) is 12.8 Å². The lowest BCUT2D eigenvalue weighted by molar-refractivity contribution is -0.156. The van der Waals surface area contributed by atoms with Gasteiger partial charge in [-0.1, -0.05) is 0 Å². The average molecular weight is 266 g/mol. The monoisotopic (exact) mass is 266 g/mol. The molecule has 2 nitrogen and oxygen atoms in total. The van der Waals surface area contributed by atoms with Crippen molar-refractivity contribution in [2.45, 2.75) is 31.7 Å². The fraction of sp³-hybridized carbons (Fsp3) is 0.800. The molecule has 0 aromatic rings. The Morgan fingerprint density at radius 1 is 1.07 bits per heavy atom. The fourth-order valence-corrected chi connectivity index (χ4v) is 2.13. The molecule has 1 heterocycles. The van der Waals surface area contributed by atoms with Gasteiger partial charge in [0.2, 0.25) is 6.29 Å². The molecule has 1 rings (SSSR count). The van der Waals surface area contributed by atoms with Crippen LogP contribution < -0.4 is 0 Å². The average Bonchev–Trinajstić information content (AvgIpc) is 2.19. The Hall–Kier alpha value is 0.550. The van der Waals surface area contributed by atoms with Gasteiger partial charge in [-0.2, -0.15) is 37.9 Å². The van der Waals surface area contributed by atoms with Gasteiger partial charge in [0.15, 0.2) is 0 Å². The van der Waals surface area contributed by atoms with Crippen molar-refractivity contribution in [3.05, 3.63) is 11.8 Å². The number of hydrogen-bond acceptors (Lipinski definition) is 5. The van der Waals surface area contributed by atoms with Crippen LogP contribution in [0.5, 0.6) is 0 Å². The molecule has 0 aliphatic carbocycles. The predicted molar refractivity (Wildman–Crippen MR) is 73.2 cm³/mol. The molecule has 2 unspecified atom stereocenters. The first-order valence-corrected chi connectivity index (χ1v) is 7.05. The van der Waals surface area contributed by atoms with Crippen molar-refractivity contribution >= 4 is 37.9 Å². The molecule has 1 aliphatic rings. The van der Waals surface area contributed by atoms with Crippen LogP contribution in [0.2, 0.25) is 0 Å². The second-order valence-electron chi connectivity index (χ2n) is 3.35. The van der Waals surface area contributed by atoms with Crippen LogP contribution in [-0.4, -0.2) is 29.7 Å². The summed E-state index contributed by atoms with van der Waals surface area (Å²) in [6.45, 7) is 0. The van der Waals surface area contributed by atoms with Crippen LogP contribution in [-0.2, 0) is 9.47 Å². The van der Waals surface area contributed by atoms with Crippen LogP contribution >= 0.6 is 37.9 Å². The van der Waals surface area contributed by atoms with Gasteiger partial charge in [0.25, 0.3) is 0 Å². The van der Waals surface area contributed by atoms with Crippen LogP contribution in [0.3, 0.4) is 0 Å². The lowest BCUT2D eigenvalue weighted by atomic mass is 10.2. The minimum absolute atomic E-state index is 0.135. The van der Waals surface area contributed by atoms with Gasteiger partial charge in [0.05, 0.1) is 11.9 Å². The minimum Gasteiger partial charge on any atom is -0.469 e. The first kappa shape index (κ1) is 13.6. The third kappa shape index (κ3) is 4.93. The lowest BCUT2D eigenvalue weighted by Gasteiger charge is -2.29. The summed E-state index contributed by atoms with van der Waals surface area (Å²) < 4.78 is 11.4. The third-order valence-electron chi connectivity index (χ3n) is 2.12. The smallest absolute Gasteiger partial charge is 0.200 e. The van der Waals surface area contributed by atoms with Gasteiger partial charge in [-0.15, -0.1) is 0 Å². The molecular weight excluding hydrogens is 248 g/mol. The van der Waals surface area contributed by atoms with Gasteiger partial charge in [-0.3, -0.25) is 0 Å². The zero-order valence-electron chi connectivity index (χ0n) is 8.63. The Balaban J connectivity index is 2.53. The van der Waals surface area contributed by atoms with Crippen LogP contribution in [0.15, 0.2) is 11.8 Å². The zero-order chi connectivity index (χ0) is 11.1. The molecule has 0 N–H and O–H groups in total. The molecule has 0 aromatic heterocycles. The molecule has 0 radical (unpaired) electrons. The van der Waals surface area contributed by atoms with E-state index in [0.717, 1.165) is 42.3 Å². The van der Waals surface area contributed by atoms with Gasteiger partial charge in [0.1, 0.15) is 0 Å². The molecule has 1 aliphatic heterocycles. The lowest BCUT2D eigenvalue weighted by Crippen LogP contribution is -2.29. The number of hydrogen-bond donors (Lipinski definition) is 3. The van der Waals surface area contributed by atoms with Crippen molar-refractivity contribution < 1.29 is 9.47 Å². The van der Waals surface area contributed by atoms with Gasteiger partial charge in [-0.05, 0) is 29.8 Å². The summed E-state index contributed by atoms with van der Waals surface area (Å²) in [5, 5.41) is 0. The van der Waals surface area contributed by atoms with Crippen molar-refractivity contribution in [3.63, 3.8) is 0 Å². The molecule has 0 saturated carbocycles. The van der Waals surface area contributed by atoms with Crippen LogP contribution in [0.25, 0.3) is 0 Å². The molecule has 0 amide bonds. The first-order valence-electron chi connectivity index (χ1n) is 5.15. The highest BCUT2D eigenvalue weighted by molar-refractivity contribution is 7.80. The van der Waals surface area contributed by atoms with Gasteiger partial charge < -0.3 is 9.47 Å². The van der Waals surface area contributed by atoms with E-state index in [1.54, 1.807) is 0 Å². The molecule has 0 bridgehead atoms. The van der Waals surface area contributed by atoms with Gasteiger partial charge >= 0.3 is 0 Å². The molecule has 0 saturated heterocycles. The molecular formula is C10H18O2S3. The highest BCUT2D eigenvalue weighted by atomic mass is 32.1. The molecule has 0 aromatic carbocycles. The number of ether oxygens (including phenoxy) is 2. The van der Waals surface area contributed by atoms with Crippen molar-refractivity contribution in [3.8, 4) is 0 Å². The van der Waals surface area contributed by atoms with E-state index < -0.39 is 0 Å². The summed E-state index contributed by atoms with van der Waals surface area (Å²) >= 11 is 12.6. The normalized spacial score (nSPS) is 25.9. The second-order valence-corrected chi connectivity index (χ2v) is 4.69. The molecule has 0 spiro atoms. The van der Waals surface area contributed by atoms with E-state index in [0.29, 0.717) is 0 Å². The highest BCUT2D eigenvalue weighted by Gasteiger charge is 2.22. The van der Waals surface area contributed by atoms with Crippen molar-refractivity contribution in [1.29, 1.82) is 0 Å². The molecule has 88 valence electrons. The van der Waals surface area contributed by atoms with E-state index in [1.165, 1.54) is 0 Å². The van der Waals surface area contributed by atoms with E-state index >= 15 is 0 Å². The van der Waals surface area contributed by atoms with Crippen molar-refractivity contribution in [2.75, 3.05) is 17.3 Å². The van der Waals surface area contributed by atoms with E-state index in [1.807, 2.05) is 6.08 Å². The minimum atomic E-state index is -0.146. The second kappa shape index (κ2) is 7.76. The number of thiol groups is 3. The predicted octanol–water partition coefficient (Wildman–Crippen LogP) is 2.57. The largest absolute Gasteiger partial charge is 0.469 e. The Morgan fingerprint density at radius 3 is 2.40 bits per heavy atom. The number of rotatable bonds is 6. The van der Waals surface area contributed by atoms with Crippen molar-refractivity contribution in [1.82, 2.24) is 0 Å². The zero-order valence-corrected chi connectivity index (χ0v) is 11.3. The maximum atomic E-state index is 5.72. The van der Waals surface area contributed by atoms with Crippen molar-refractivity contribution in [2.24, 2.45) is 0 Å². The molecule has 5 heteroatoms. The van der Waals surface area contributed by atoms with Crippen LogP contribution in [0, 0.1) is 0 Å². The summed E-state index contributed by atoms with van der Waals surface area (Å²) in [5.41, 5.74) is 0. The Morgan fingerprint density at radius 2 is 1.80 bits per heavy atom. The highest BCUT2D eigenvalue weighted by Crippen LogP contribution is 2.23. The third-order valence-corrected chi connectivity index (χ3v) is 2.86. The molecule has 0 fully saturated rings. The standard InChI is InChI=1S/C10H18O2S3/c13-4-1-8-7-9(2-5-14)12-10(11-8)3-6-15/h7-8,10,13-15H,1-6H2. The van der Waals surface area contributed by atoms with Crippen LogP contribution in [0.4, 0.5) is 0 Å². The number of allylic oxidation sites excluding steroid dienone is 1. The molecule has 2 atom stereocenters. The summed E-state index contributed by atoms with van der Waals surface area (Å²) in [7, 11) is 0. The van der Waals surface area contributed by atoms with Crippen LogP contribution in [0.1, 0.15) is 19.3 Å². The van der Waals surface area contributed by atoms with E-state index in [9.17, 15) is 0 Å². The van der Waals surface area contributed by atoms with Gasteiger partial charge in [-0.25, -0.2) is 0 Å². The summed E-state index contributed by atoms with van der Waals surface area (Å²) in [4.78, 5) is 0. The molecule has 15 heavy (non-hydrogen) atoms. The Labute approximate surface area is 108 Å². The first-order chi connectivity index (χ1) is 7.30. The SMILES string of the molecule is SCCC1=CC(CCS)OC(CCS)O1. The quantitative estimate of drug-likeness (QED) is 0.642. The fourth-order valence-electron chi connectivity index (χ4n) is 1.44. The van der Waals surface area contributed by atoms with E-state index in [2.05, 4.69) is 37.9 Å². The maximum absolute atomic E-state index is 5.72. The van der Waals surface area contributed by atoms with E-state index in [4.69, 9.17) is 9.47 Å². The topological polar surface area (TPSA) is 18.5 Å². The maximum Gasteiger partial charge on any atom is 0.200 e. The summed E-state index contributed by atoms with van der Waals surface area (Å²) in [5.74, 6) is 3.39. The summed E-state index contributed by atoms with van der Waals surface area (Å²) in [6.07, 6.45) is 4.63. The Kier molecular flexibility index (Phi) is 7.05.